The van der Waals surface area contributed by atoms with Crippen LogP contribution in [0.2, 0.25) is 0 Å². The molecular formula is C15H16N4O2. The Bertz CT molecular complexity index is 754. The second-order valence-corrected chi connectivity index (χ2v) is 5.29. The van der Waals surface area contributed by atoms with Gasteiger partial charge >= 0.3 is 0 Å². The summed E-state index contributed by atoms with van der Waals surface area (Å²) in [5.74, 6) is 1.08. The first-order valence-corrected chi connectivity index (χ1v) is 6.85. The van der Waals surface area contributed by atoms with E-state index in [4.69, 9.17) is 4.52 Å². The summed E-state index contributed by atoms with van der Waals surface area (Å²) < 4.78 is 5.19. The summed E-state index contributed by atoms with van der Waals surface area (Å²) >= 11 is 0. The van der Waals surface area contributed by atoms with Crippen LogP contribution in [0.4, 0.5) is 0 Å². The quantitative estimate of drug-likeness (QED) is 0.790. The summed E-state index contributed by atoms with van der Waals surface area (Å²) in [5, 5.41) is 13.8. The molecule has 0 radical (unpaired) electrons. The fourth-order valence-corrected chi connectivity index (χ4v) is 1.97. The lowest BCUT2D eigenvalue weighted by Crippen LogP contribution is -2.17. The van der Waals surface area contributed by atoms with E-state index in [2.05, 4.69) is 20.1 Å². The first-order valence-electron chi connectivity index (χ1n) is 6.85. The average molecular weight is 284 g/mol. The molecule has 0 spiro atoms. The van der Waals surface area contributed by atoms with Gasteiger partial charge in [-0.1, -0.05) is 19.0 Å². The molecule has 1 N–H and O–H groups in total. The van der Waals surface area contributed by atoms with Crippen LogP contribution in [0.5, 0.6) is 0 Å². The molecule has 108 valence electrons. The molecular weight excluding hydrogens is 268 g/mol. The lowest BCUT2D eigenvalue weighted by atomic mass is 10.0. The third kappa shape index (κ3) is 2.90. The van der Waals surface area contributed by atoms with Gasteiger partial charge in [0, 0.05) is 18.0 Å². The molecule has 0 aliphatic heterocycles. The van der Waals surface area contributed by atoms with Crippen LogP contribution < -0.4 is 0 Å². The molecule has 6 nitrogen and oxygen atoms in total. The molecule has 0 aliphatic carbocycles. The zero-order valence-electron chi connectivity index (χ0n) is 11.9. The molecule has 0 fully saturated rings. The third-order valence-electron chi connectivity index (χ3n) is 3.35. The van der Waals surface area contributed by atoms with E-state index in [9.17, 15) is 5.11 Å². The summed E-state index contributed by atoms with van der Waals surface area (Å²) in [6.07, 6.45) is 3.17. The van der Waals surface area contributed by atoms with E-state index in [-0.39, 0.29) is 5.92 Å². The Hall–Kier alpha value is -2.34. The second-order valence-electron chi connectivity index (χ2n) is 5.29. The van der Waals surface area contributed by atoms with Crippen molar-refractivity contribution in [3.05, 3.63) is 36.5 Å². The minimum Gasteiger partial charge on any atom is -0.392 e. The lowest BCUT2D eigenvalue weighted by Gasteiger charge is -2.10. The van der Waals surface area contributed by atoms with Crippen molar-refractivity contribution in [2.45, 2.75) is 26.4 Å². The van der Waals surface area contributed by atoms with Crippen molar-refractivity contribution in [2.24, 2.45) is 5.92 Å². The minimum absolute atomic E-state index is 0.149. The minimum atomic E-state index is -0.485. The predicted octanol–water partition coefficient (Wildman–Crippen LogP) is 2.24. The maximum atomic E-state index is 9.86. The molecule has 2 heterocycles. The molecule has 0 saturated carbocycles. The summed E-state index contributed by atoms with van der Waals surface area (Å²) in [5.41, 5.74) is 2.42. The molecule has 1 atom stereocenters. The van der Waals surface area contributed by atoms with Gasteiger partial charge in [-0.2, -0.15) is 4.98 Å². The van der Waals surface area contributed by atoms with Gasteiger partial charge in [-0.3, -0.25) is 9.97 Å². The van der Waals surface area contributed by atoms with Gasteiger partial charge in [0.1, 0.15) is 0 Å². The van der Waals surface area contributed by atoms with Gasteiger partial charge in [-0.25, -0.2) is 0 Å². The standard InChI is InChI=1S/C15H16N4O2/c1-9(2)13(20)8-14-18-15(19-21-14)10-3-4-11-12(7-10)17-6-5-16-11/h3-7,9,13,20H,8H2,1-2H3. The van der Waals surface area contributed by atoms with Crippen LogP contribution in [0, 0.1) is 5.92 Å². The molecule has 6 heteroatoms. The Balaban J connectivity index is 1.87. The van der Waals surface area contributed by atoms with Crippen molar-refractivity contribution in [1.29, 1.82) is 0 Å². The summed E-state index contributed by atoms with van der Waals surface area (Å²) in [4.78, 5) is 12.8. The first kappa shape index (κ1) is 13.6. The second kappa shape index (κ2) is 5.57. The molecule has 0 aliphatic rings. The highest BCUT2D eigenvalue weighted by Crippen LogP contribution is 2.20. The summed E-state index contributed by atoms with van der Waals surface area (Å²) in [7, 11) is 0. The zero-order chi connectivity index (χ0) is 14.8. The molecule has 3 aromatic rings. The van der Waals surface area contributed by atoms with Crippen LogP contribution in [-0.4, -0.2) is 31.3 Å². The Kier molecular flexibility index (Phi) is 3.62. The monoisotopic (exact) mass is 284 g/mol. The molecule has 1 aromatic carbocycles. The van der Waals surface area contributed by atoms with Gasteiger partial charge in [-0.15, -0.1) is 0 Å². The Morgan fingerprint density at radius 3 is 2.67 bits per heavy atom. The number of fused-ring (bicyclic) bond motifs is 1. The van der Waals surface area contributed by atoms with E-state index in [0.29, 0.717) is 18.1 Å². The van der Waals surface area contributed by atoms with Crippen molar-refractivity contribution >= 4 is 11.0 Å². The van der Waals surface area contributed by atoms with E-state index in [1.807, 2.05) is 32.0 Å². The number of benzene rings is 1. The smallest absolute Gasteiger partial charge is 0.229 e. The average Bonchev–Trinajstić information content (AvgIpc) is 2.95. The molecule has 1 unspecified atom stereocenters. The highest BCUT2D eigenvalue weighted by molar-refractivity contribution is 5.79. The van der Waals surface area contributed by atoms with E-state index in [0.717, 1.165) is 16.6 Å². The Labute approximate surface area is 121 Å². The number of aliphatic hydroxyl groups is 1. The molecule has 0 bridgehead atoms. The van der Waals surface area contributed by atoms with Crippen LogP contribution in [0.3, 0.4) is 0 Å². The van der Waals surface area contributed by atoms with Crippen molar-refractivity contribution in [1.82, 2.24) is 20.1 Å². The molecule has 3 rings (SSSR count). The highest BCUT2D eigenvalue weighted by Gasteiger charge is 2.16. The van der Waals surface area contributed by atoms with E-state index in [1.54, 1.807) is 12.4 Å². The maximum absolute atomic E-state index is 9.86. The van der Waals surface area contributed by atoms with Gasteiger partial charge in [0.2, 0.25) is 11.7 Å². The van der Waals surface area contributed by atoms with Crippen LogP contribution in [-0.2, 0) is 6.42 Å². The highest BCUT2D eigenvalue weighted by atomic mass is 16.5. The lowest BCUT2D eigenvalue weighted by molar-refractivity contribution is 0.116. The number of rotatable bonds is 4. The largest absolute Gasteiger partial charge is 0.392 e. The van der Waals surface area contributed by atoms with Gasteiger partial charge in [0.25, 0.3) is 0 Å². The van der Waals surface area contributed by atoms with Crippen LogP contribution in [0.15, 0.2) is 35.1 Å². The fourth-order valence-electron chi connectivity index (χ4n) is 1.97. The summed E-state index contributed by atoms with van der Waals surface area (Å²) in [6.45, 7) is 3.90. The van der Waals surface area contributed by atoms with Crippen LogP contribution in [0.1, 0.15) is 19.7 Å². The molecule has 0 amide bonds. The predicted molar refractivity (Wildman–Crippen MR) is 77.4 cm³/mol. The van der Waals surface area contributed by atoms with Crippen molar-refractivity contribution in [2.75, 3.05) is 0 Å². The topological polar surface area (TPSA) is 84.9 Å². The van der Waals surface area contributed by atoms with Gasteiger partial charge in [0.15, 0.2) is 0 Å². The fraction of sp³-hybridized carbons (Fsp3) is 0.333. The molecule has 2 aromatic heterocycles. The third-order valence-corrected chi connectivity index (χ3v) is 3.35. The number of hydrogen-bond acceptors (Lipinski definition) is 6. The number of nitrogens with zero attached hydrogens (tertiary/aromatic N) is 4. The van der Waals surface area contributed by atoms with Gasteiger partial charge in [0.05, 0.1) is 23.6 Å². The first-order chi connectivity index (χ1) is 10.1. The van der Waals surface area contributed by atoms with Crippen molar-refractivity contribution in [3.8, 4) is 11.4 Å². The summed E-state index contributed by atoms with van der Waals surface area (Å²) in [6, 6.07) is 5.62. The van der Waals surface area contributed by atoms with Gasteiger partial charge in [-0.05, 0) is 24.1 Å². The zero-order valence-corrected chi connectivity index (χ0v) is 11.9. The number of aromatic nitrogens is 4. The molecule has 0 saturated heterocycles. The van der Waals surface area contributed by atoms with E-state index < -0.39 is 6.10 Å². The van der Waals surface area contributed by atoms with Crippen molar-refractivity contribution < 1.29 is 9.63 Å². The van der Waals surface area contributed by atoms with Crippen LogP contribution >= 0.6 is 0 Å². The van der Waals surface area contributed by atoms with E-state index in [1.165, 1.54) is 0 Å². The normalized spacial score (nSPS) is 13.0. The van der Waals surface area contributed by atoms with Crippen molar-refractivity contribution in [3.63, 3.8) is 0 Å². The van der Waals surface area contributed by atoms with Crippen LogP contribution in [0.25, 0.3) is 22.4 Å². The van der Waals surface area contributed by atoms with Gasteiger partial charge < -0.3 is 9.63 Å². The maximum Gasteiger partial charge on any atom is 0.229 e. The Morgan fingerprint density at radius 1 is 1.14 bits per heavy atom. The SMILES string of the molecule is CC(C)C(O)Cc1nc(-c2ccc3nccnc3c2)no1. The Morgan fingerprint density at radius 2 is 1.90 bits per heavy atom. The molecule has 21 heavy (non-hydrogen) atoms. The number of aliphatic hydroxyl groups excluding tert-OH is 1. The number of hydrogen-bond donors (Lipinski definition) is 1. The van der Waals surface area contributed by atoms with E-state index >= 15 is 0 Å².